The van der Waals surface area contributed by atoms with Gasteiger partial charge in [0.1, 0.15) is 11.3 Å². The number of hydrogen-bond donors (Lipinski definition) is 0. The first kappa shape index (κ1) is 19.1. The molecule has 0 aliphatic heterocycles. The van der Waals surface area contributed by atoms with E-state index < -0.39 is 0 Å². The van der Waals surface area contributed by atoms with Crippen molar-refractivity contribution in [3.05, 3.63) is 107 Å². The summed E-state index contributed by atoms with van der Waals surface area (Å²) in [5.74, 6) is 2.98. The average molecular weight is 480 g/mol. The molecule has 6 rings (SSSR count). The van der Waals surface area contributed by atoms with Crippen LogP contribution in [0.3, 0.4) is 0 Å². The molecule has 5 aromatic rings. The van der Waals surface area contributed by atoms with E-state index in [2.05, 4.69) is 28.1 Å². The summed E-state index contributed by atoms with van der Waals surface area (Å²) in [5.41, 5.74) is 4.89. The van der Waals surface area contributed by atoms with Gasteiger partial charge in [-0.25, -0.2) is 15.0 Å². The van der Waals surface area contributed by atoms with E-state index in [0.717, 1.165) is 56.3 Å². The van der Waals surface area contributed by atoms with Crippen molar-refractivity contribution in [3.63, 3.8) is 0 Å². The van der Waals surface area contributed by atoms with Gasteiger partial charge in [0.05, 0.1) is 0 Å². The third kappa shape index (κ3) is 3.35. The highest BCUT2D eigenvalue weighted by atomic mass is 79.9. The maximum Gasteiger partial charge on any atom is 0.164 e. The van der Waals surface area contributed by atoms with Crippen LogP contribution in [0.1, 0.15) is 23.6 Å². The maximum absolute atomic E-state index is 6.19. The standard InChI is InChI=1S/C27H18BrN3O/c28-19-14-15-22-21(16-19)24-20(12-7-13-23(24)32-22)27-30-25(17-8-3-1-4-9-17)29-26(31-27)18-10-5-2-6-11-18/h1-6,8-12,14-16H,7,13H2. The SMILES string of the molecule is Brc1ccc2oc3c(c2c1)C(c1nc(-c2ccccc2)nc(-c2ccccc2)n1)=CCC3. The number of benzene rings is 3. The quantitative estimate of drug-likeness (QED) is 0.277. The van der Waals surface area contributed by atoms with Crippen molar-refractivity contribution in [2.24, 2.45) is 0 Å². The minimum absolute atomic E-state index is 0.663. The van der Waals surface area contributed by atoms with Crippen LogP contribution >= 0.6 is 15.9 Å². The number of halogens is 1. The van der Waals surface area contributed by atoms with E-state index in [1.807, 2.05) is 72.8 Å². The molecule has 0 atom stereocenters. The fourth-order valence-corrected chi connectivity index (χ4v) is 4.53. The first-order chi connectivity index (χ1) is 15.8. The predicted octanol–water partition coefficient (Wildman–Crippen LogP) is 7.09. The van der Waals surface area contributed by atoms with E-state index in [0.29, 0.717) is 17.5 Å². The first-order valence-electron chi connectivity index (χ1n) is 10.5. The normalized spacial score (nSPS) is 13.1. The fourth-order valence-electron chi connectivity index (χ4n) is 4.17. The molecule has 0 radical (unpaired) electrons. The highest BCUT2D eigenvalue weighted by Gasteiger charge is 2.25. The van der Waals surface area contributed by atoms with E-state index in [9.17, 15) is 0 Å². The molecular formula is C27H18BrN3O. The Labute approximate surface area is 193 Å². The van der Waals surface area contributed by atoms with Gasteiger partial charge < -0.3 is 4.42 Å². The zero-order valence-electron chi connectivity index (χ0n) is 17.1. The van der Waals surface area contributed by atoms with Gasteiger partial charge in [-0.05, 0) is 24.6 Å². The van der Waals surface area contributed by atoms with Gasteiger partial charge in [0, 0.05) is 38.5 Å². The summed E-state index contributed by atoms with van der Waals surface area (Å²) < 4.78 is 7.21. The number of rotatable bonds is 3. The van der Waals surface area contributed by atoms with Crippen LogP contribution in [0.15, 0.2) is 93.8 Å². The van der Waals surface area contributed by atoms with Gasteiger partial charge in [-0.3, -0.25) is 0 Å². The van der Waals surface area contributed by atoms with Crippen LogP contribution in [-0.2, 0) is 6.42 Å². The molecule has 2 aromatic heterocycles. The molecule has 0 N–H and O–H groups in total. The van der Waals surface area contributed by atoms with Crippen molar-refractivity contribution in [1.82, 2.24) is 15.0 Å². The number of nitrogens with zero attached hydrogens (tertiary/aromatic N) is 3. The molecule has 32 heavy (non-hydrogen) atoms. The molecule has 0 saturated heterocycles. The zero-order chi connectivity index (χ0) is 21.5. The van der Waals surface area contributed by atoms with Crippen LogP contribution in [0.5, 0.6) is 0 Å². The minimum atomic E-state index is 0.663. The van der Waals surface area contributed by atoms with Gasteiger partial charge in [-0.1, -0.05) is 82.7 Å². The molecule has 0 unspecified atom stereocenters. The lowest BCUT2D eigenvalue weighted by molar-refractivity contribution is 0.545. The zero-order valence-corrected chi connectivity index (χ0v) is 18.7. The highest BCUT2D eigenvalue weighted by Crippen LogP contribution is 2.39. The number of fused-ring (bicyclic) bond motifs is 3. The van der Waals surface area contributed by atoms with Gasteiger partial charge >= 0.3 is 0 Å². The van der Waals surface area contributed by atoms with Crippen LogP contribution in [-0.4, -0.2) is 15.0 Å². The molecule has 5 heteroatoms. The molecular weight excluding hydrogens is 462 g/mol. The molecule has 1 aliphatic rings. The van der Waals surface area contributed by atoms with Crippen molar-refractivity contribution in [3.8, 4) is 22.8 Å². The Balaban J connectivity index is 1.59. The summed E-state index contributed by atoms with van der Waals surface area (Å²) >= 11 is 3.60. The number of allylic oxidation sites excluding steroid dienone is 1. The lowest BCUT2D eigenvalue weighted by Gasteiger charge is -2.14. The molecule has 1 aliphatic carbocycles. The van der Waals surface area contributed by atoms with Crippen LogP contribution in [0, 0.1) is 0 Å². The molecule has 0 bridgehead atoms. The topological polar surface area (TPSA) is 51.8 Å². The fraction of sp³-hybridized carbons (Fsp3) is 0.0741. The van der Waals surface area contributed by atoms with E-state index in [1.54, 1.807) is 0 Å². The van der Waals surface area contributed by atoms with Gasteiger partial charge in [0.25, 0.3) is 0 Å². The molecule has 0 spiro atoms. The second-order valence-corrected chi connectivity index (χ2v) is 8.65. The number of aryl methyl sites for hydroxylation is 1. The van der Waals surface area contributed by atoms with Crippen molar-refractivity contribution < 1.29 is 4.42 Å². The van der Waals surface area contributed by atoms with E-state index in [-0.39, 0.29) is 0 Å². The summed E-state index contributed by atoms with van der Waals surface area (Å²) in [6.07, 6.45) is 3.97. The highest BCUT2D eigenvalue weighted by molar-refractivity contribution is 9.10. The lowest BCUT2D eigenvalue weighted by Crippen LogP contribution is -2.06. The Morgan fingerprint density at radius 3 is 2.00 bits per heavy atom. The summed E-state index contributed by atoms with van der Waals surface area (Å²) in [6.45, 7) is 0. The Bertz CT molecular complexity index is 1420. The summed E-state index contributed by atoms with van der Waals surface area (Å²) in [5, 5.41) is 1.07. The number of aromatic nitrogens is 3. The number of hydrogen-bond acceptors (Lipinski definition) is 4. The molecule has 4 nitrogen and oxygen atoms in total. The van der Waals surface area contributed by atoms with E-state index in [4.69, 9.17) is 19.4 Å². The number of furan rings is 1. The average Bonchev–Trinajstić information content (AvgIpc) is 3.23. The molecule has 0 fully saturated rings. The predicted molar refractivity (Wildman–Crippen MR) is 130 cm³/mol. The Morgan fingerprint density at radius 2 is 1.34 bits per heavy atom. The van der Waals surface area contributed by atoms with Crippen LogP contribution < -0.4 is 0 Å². The van der Waals surface area contributed by atoms with Crippen LogP contribution in [0.25, 0.3) is 39.3 Å². The van der Waals surface area contributed by atoms with E-state index in [1.165, 1.54) is 0 Å². The van der Waals surface area contributed by atoms with Gasteiger partial charge in [0.15, 0.2) is 17.5 Å². The van der Waals surface area contributed by atoms with Crippen molar-refractivity contribution >= 4 is 32.5 Å². The van der Waals surface area contributed by atoms with Crippen molar-refractivity contribution in [2.75, 3.05) is 0 Å². The Hall–Kier alpha value is -3.57. The molecule has 3 aromatic carbocycles. The Kier molecular flexibility index (Phi) is 4.69. The summed E-state index contributed by atoms with van der Waals surface area (Å²) in [4.78, 5) is 14.6. The second-order valence-electron chi connectivity index (χ2n) is 7.74. The molecule has 0 saturated carbocycles. The summed E-state index contributed by atoms with van der Waals surface area (Å²) in [7, 11) is 0. The first-order valence-corrected chi connectivity index (χ1v) is 11.3. The van der Waals surface area contributed by atoms with Crippen LogP contribution in [0.4, 0.5) is 0 Å². The van der Waals surface area contributed by atoms with Crippen molar-refractivity contribution in [1.29, 1.82) is 0 Å². The second kappa shape index (κ2) is 7.84. The Morgan fingerprint density at radius 1 is 0.719 bits per heavy atom. The minimum Gasteiger partial charge on any atom is -0.460 e. The van der Waals surface area contributed by atoms with Gasteiger partial charge in [0.2, 0.25) is 0 Å². The molecule has 154 valence electrons. The molecule has 2 heterocycles. The van der Waals surface area contributed by atoms with Gasteiger partial charge in [-0.2, -0.15) is 0 Å². The third-order valence-electron chi connectivity index (χ3n) is 5.65. The smallest absolute Gasteiger partial charge is 0.164 e. The monoisotopic (exact) mass is 479 g/mol. The van der Waals surface area contributed by atoms with E-state index >= 15 is 0 Å². The third-order valence-corrected chi connectivity index (χ3v) is 6.15. The lowest BCUT2D eigenvalue weighted by atomic mass is 9.93. The maximum atomic E-state index is 6.19. The summed E-state index contributed by atoms with van der Waals surface area (Å²) in [6, 6.07) is 26.2. The van der Waals surface area contributed by atoms with Crippen molar-refractivity contribution in [2.45, 2.75) is 12.8 Å². The largest absolute Gasteiger partial charge is 0.460 e. The van der Waals surface area contributed by atoms with Gasteiger partial charge in [-0.15, -0.1) is 0 Å². The molecule has 0 amide bonds. The van der Waals surface area contributed by atoms with Crippen LogP contribution in [0.2, 0.25) is 0 Å².